The molecule has 106 valence electrons. The van der Waals surface area contributed by atoms with Gasteiger partial charge in [0.2, 0.25) is 0 Å². The predicted molar refractivity (Wildman–Crippen MR) is 87.2 cm³/mol. The Morgan fingerprint density at radius 1 is 1.32 bits per heavy atom. The summed E-state index contributed by atoms with van der Waals surface area (Å²) in [5, 5.41) is 7.92. The van der Waals surface area contributed by atoms with Crippen molar-refractivity contribution >= 4 is 29.3 Å². The fourth-order valence-electron chi connectivity index (χ4n) is 1.43. The van der Waals surface area contributed by atoms with Gasteiger partial charge in [0.15, 0.2) is 5.96 Å². The lowest BCUT2D eigenvalue weighted by Gasteiger charge is -2.14. The maximum Gasteiger partial charge on any atom is 0.191 e. The van der Waals surface area contributed by atoms with Crippen LogP contribution >= 0.6 is 23.4 Å². The topological polar surface area (TPSA) is 36.4 Å². The van der Waals surface area contributed by atoms with E-state index in [1.165, 1.54) is 0 Å². The van der Waals surface area contributed by atoms with Gasteiger partial charge in [0.1, 0.15) is 0 Å². The molecule has 0 fully saturated rings. The smallest absolute Gasteiger partial charge is 0.191 e. The monoisotopic (exact) mass is 299 g/mol. The molecule has 1 aromatic carbocycles. The summed E-state index contributed by atoms with van der Waals surface area (Å²) >= 11 is 7.70. The maximum absolute atomic E-state index is 5.86. The molecule has 0 saturated heterocycles. The number of guanidine groups is 1. The van der Waals surface area contributed by atoms with Gasteiger partial charge in [-0.05, 0) is 30.9 Å². The Hall–Kier alpha value is -0.870. The first kappa shape index (κ1) is 16.2. The number of nitrogens with one attached hydrogen (secondary N) is 2. The van der Waals surface area contributed by atoms with Crippen LogP contribution in [-0.4, -0.2) is 30.6 Å². The van der Waals surface area contributed by atoms with Crippen molar-refractivity contribution in [2.24, 2.45) is 4.99 Å². The van der Waals surface area contributed by atoms with Gasteiger partial charge in [-0.3, -0.25) is 0 Å². The van der Waals surface area contributed by atoms with E-state index in [1.807, 2.05) is 36.0 Å². The molecule has 5 heteroatoms. The van der Waals surface area contributed by atoms with Crippen LogP contribution in [0.25, 0.3) is 0 Å². The second-order valence-electron chi connectivity index (χ2n) is 4.25. The summed E-state index contributed by atoms with van der Waals surface area (Å²) in [6, 6.07) is 7.78. The number of rotatable bonds is 6. The first-order chi connectivity index (χ1) is 9.15. The number of aliphatic imine (C=N–C) groups is 1. The van der Waals surface area contributed by atoms with Crippen LogP contribution in [-0.2, 0) is 6.54 Å². The number of hydrogen-bond donors (Lipinski definition) is 2. The summed E-state index contributed by atoms with van der Waals surface area (Å²) in [4.78, 5) is 4.56. The molecule has 0 saturated carbocycles. The molecular weight excluding hydrogens is 278 g/mol. The van der Waals surface area contributed by atoms with Gasteiger partial charge in [0.25, 0.3) is 0 Å². The first-order valence-corrected chi connectivity index (χ1v) is 8.11. The van der Waals surface area contributed by atoms with Gasteiger partial charge < -0.3 is 10.6 Å². The summed E-state index contributed by atoms with van der Waals surface area (Å²) in [6.45, 7) is 6.69. The largest absolute Gasteiger partial charge is 0.357 e. The molecule has 0 aliphatic heterocycles. The summed E-state index contributed by atoms with van der Waals surface area (Å²) in [6.07, 6.45) is 2.12. The van der Waals surface area contributed by atoms with Gasteiger partial charge in [-0.25, -0.2) is 4.99 Å². The number of halogens is 1. The Labute approximate surface area is 125 Å². The minimum absolute atomic E-state index is 0.569. The highest BCUT2D eigenvalue weighted by molar-refractivity contribution is 7.99. The van der Waals surface area contributed by atoms with E-state index in [0.717, 1.165) is 29.6 Å². The Morgan fingerprint density at radius 2 is 2.00 bits per heavy atom. The van der Waals surface area contributed by atoms with E-state index >= 15 is 0 Å². The second kappa shape index (κ2) is 9.10. The average molecular weight is 300 g/mol. The van der Waals surface area contributed by atoms with Crippen LogP contribution in [0.3, 0.4) is 0 Å². The van der Waals surface area contributed by atoms with E-state index in [1.54, 1.807) is 0 Å². The van der Waals surface area contributed by atoms with Crippen molar-refractivity contribution in [2.45, 2.75) is 25.6 Å². The molecule has 19 heavy (non-hydrogen) atoms. The third-order valence-electron chi connectivity index (χ3n) is 2.64. The molecule has 1 rings (SSSR count). The Balaban J connectivity index is 2.54. The molecule has 1 atom stereocenters. The predicted octanol–water partition coefficient (Wildman–Crippen LogP) is 3.15. The Morgan fingerprint density at radius 3 is 2.58 bits per heavy atom. The molecule has 0 radical (unpaired) electrons. The lowest BCUT2D eigenvalue weighted by molar-refractivity contribution is 0.795. The van der Waals surface area contributed by atoms with E-state index < -0.39 is 0 Å². The lowest BCUT2D eigenvalue weighted by Crippen LogP contribution is -2.40. The maximum atomic E-state index is 5.86. The number of nitrogens with zero attached hydrogens (tertiary/aromatic N) is 1. The van der Waals surface area contributed by atoms with Gasteiger partial charge in [-0.15, -0.1) is 0 Å². The van der Waals surface area contributed by atoms with Crippen LogP contribution in [0.5, 0.6) is 0 Å². The number of benzene rings is 1. The van der Waals surface area contributed by atoms with Gasteiger partial charge >= 0.3 is 0 Å². The molecular formula is C14H22ClN3S. The molecule has 0 spiro atoms. The summed E-state index contributed by atoms with van der Waals surface area (Å²) in [7, 11) is 0. The minimum atomic E-state index is 0.569. The molecule has 0 aliphatic rings. The van der Waals surface area contributed by atoms with Crippen LogP contribution in [0, 0.1) is 0 Å². The molecule has 0 aromatic heterocycles. The van der Waals surface area contributed by atoms with E-state index in [4.69, 9.17) is 11.6 Å². The third kappa shape index (κ3) is 6.73. The number of hydrogen-bond acceptors (Lipinski definition) is 2. The average Bonchev–Trinajstić information content (AvgIpc) is 2.43. The SMILES string of the molecule is CCNC(=NCc1ccc(Cl)cc1)NCC(C)SC. The van der Waals surface area contributed by atoms with Crippen LogP contribution in [0.1, 0.15) is 19.4 Å². The third-order valence-corrected chi connectivity index (χ3v) is 3.86. The van der Waals surface area contributed by atoms with E-state index in [-0.39, 0.29) is 0 Å². The van der Waals surface area contributed by atoms with Crippen molar-refractivity contribution in [2.75, 3.05) is 19.3 Å². The Bertz CT molecular complexity index is 392. The molecule has 1 unspecified atom stereocenters. The van der Waals surface area contributed by atoms with Crippen LogP contribution in [0.15, 0.2) is 29.3 Å². The van der Waals surface area contributed by atoms with Gasteiger partial charge in [-0.2, -0.15) is 11.8 Å². The second-order valence-corrected chi connectivity index (χ2v) is 5.96. The zero-order valence-corrected chi connectivity index (χ0v) is 13.3. The van der Waals surface area contributed by atoms with Gasteiger partial charge in [0.05, 0.1) is 6.54 Å². The van der Waals surface area contributed by atoms with E-state index in [0.29, 0.717) is 11.8 Å². The molecule has 0 amide bonds. The van der Waals surface area contributed by atoms with Crippen molar-refractivity contribution in [3.8, 4) is 0 Å². The quantitative estimate of drug-likeness (QED) is 0.626. The standard InChI is InChI=1S/C14H22ClN3S/c1-4-16-14(17-9-11(2)19-3)18-10-12-5-7-13(15)8-6-12/h5-8,11H,4,9-10H2,1-3H3,(H2,16,17,18). The zero-order chi connectivity index (χ0) is 14.1. The molecule has 0 aliphatic carbocycles. The van der Waals surface area contributed by atoms with Gasteiger partial charge in [-0.1, -0.05) is 30.7 Å². The highest BCUT2D eigenvalue weighted by Crippen LogP contribution is 2.10. The molecule has 2 N–H and O–H groups in total. The normalized spacial score (nSPS) is 13.2. The summed E-state index contributed by atoms with van der Waals surface area (Å²) in [5.41, 5.74) is 1.15. The van der Waals surface area contributed by atoms with Crippen LogP contribution < -0.4 is 10.6 Å². The van der Waals surface area contributed by atoms with Crippen molar-refractivity contribution in [1.29, 1.82) is 0 Å². The lowest BCUT2D eigenvalue weighted by atomic mass is 10.2. The minimum Gasteiger partial charge on any atom is -0.357 e. The summed E-state index contributed by atoms with van der Waals surface area (Å²) in [5.74, 6) is 0.860. The van der Waals surface area contributed by atoms with E-state index in [2.05, 4.69) is 35.7 Å². The molecule has 0 bridgehead atoms. The molecule has 1 aromatic rings. The fourth-order valence-corrected chi connectivity index (χ4v) is 1.80. The van der Waals surface area contributed by atoms with Gasteiger partial charge in [0, 0.05) is 23.4 Å². The fraction of sp³-hybridized carbons (Fsp3) is 0.500. The van der Waals surface area contributed by atoms with E-state index in [9.17, 15) is 0 Å². The first-order valence-electron chi connectivity index (χ1n) is 6.45. The van der Waals surface area contributed by atoms with Crippen molar-refractivity contribution in [3.05, 3.63) is 34.9 Å². The van der Waals surface area contributed by atoms with Crippen LogP contribution in [0.4, 0.5) is 0 Å². The highest BCUT2D eigenvalue weighted by atomic mass is 35.5. The van der Waals surface area contributed by atoms with Crippen molar-refractivity contribution < 1.29 is 0 Å². The summed E-state index contributed by atoms with van der Waals surface area (Å²) < 4.78 is 0. The molecule has 3 nitrogen and oxygen atoms in total. The number of thioether (sulfide) groups is 1. The molecule has 0 heterocycles. The Kier molecular flexibility index (Phi) is 7.75. The zero-order valence-electron chi connectivity index (χ0n) is 11.7. The van der Waals surface area contributed by atoms with Crippen molar-refractivity contribution in [1.82, 2.24) is 10.6 Å². The van der Waals surface area contributed by atoms with Crippen LogP contribution in [0.2, 0.25) is 5.02 Å². The highest BCUT2D eigenvalue weighted by Gasteiger charge is 2.01. The van der Waals surface area contributed by atoms with Crippen molar-refractivity contribution in [3.63, 3.8) is 0 Å².